The van der Waals surface area contributed by atoms with Crippen LogP contribution in [-0.2, 0) is 11.1 Å². The molecule has 1 aromatic rings. The third-order valence-electron chi connectivity index (χ3n) is 2.18. The van der Waals surface area contributed by atoms with Crippen LogP contribution in [0, 0.1) is 0 Å². The minimum atomic E-state index is -2.44. The number of hydroxylamine groups is 1. The predicted molar refractivity (Wildman–Crippen MR) is 72.1 cm³/mol. The fourth-order valence-corrected chi connectivity index (χ4v) is 1.89. The van der Waals surface area contributed by atoms with Gasteiger partial charge >= 0.3 is 0 Å². The molecule has 1 atom stereocenters. The van der Waals surface area contributed by atoms with E-state index >= 15 is 0 Å². The van der Waals surface area contributed by atoms with Crippen LogP contribution in [-0.4, -0.2) is 45.4 Å². The molecule has 0 saturated carbocycles. The minimum Gasteiger partial charge on any atom is -0.768 e. The molecule has 0 bridgehead atoms. The second-order valence-electron chi connectivity index (χ2n) is 3.42. The van der Waals surface area contributed by atoms with Crippen LogP contribution in [0.5, 0.6) is 0 Å². The SMILES string of the molecule is CCN(C)C(=O)c1ccc(Cl)c(S(=O)[O-])c1.CNO. The van der Waals surface area contributed by atoms with Crippen molar-refractivity contribution >= 4 is 28.6 Å². The van der Waals surface area contributed by atoms with Crippen LogP contribution >= 0.6 is 11.6 Å². The number of benzene rings is 1. The van der Waals surface area contributed by atoms with E-state index in [2.05, 4.69) is 0 Å². The number of halogens is 1. The maximum Gasteiger partial charge on any atom is 0.253 e. The molecule has 1 unspecified atom stereocenters. The first-order valence-electron chi connectivity index (χ1n) is 5.34. The van der Waals surface area contributed by atoms with E-state index in [0.717, 1.165) is 0 Å². The van der Waals surface area contributed by atoms with Crippen LogP contribution in [0.15, 0.2) is 23.1 Å². The van der Waals surface area contributed by atoms with Crippen LogP contribution < -0.4 is 5.48 Å². The predicted octanol–water partition coefficient (Wildman–Crippen LogP) is 1.26. The summed E-state index contributed by atoms with van der Waals surface area (Å²) in [5.41, 5.74) is 2.06. The van der Waals surface area contributed by atoms with Gasteiger partial charge in [0.1, 0.15) is 0 Å². The van der Waals surface area contributed by atoms with Crippen molar-refractivity contribution in [2.45, 2.75) is 11.8 Å². The highest BCUT2D eigenvalue weighted by atomic mass is 35.5. The smallest absolute Gasteiger partial charge is 0.253 e. The number of hydrogen-bond acceptors (Lipinski definition) is 5. The summed E-state index contributed by atoms with van der Waals surface area (Å²) in [5, 5.41) is 7.43. The molecule has 1 aromatic carbocycles. The topological polar surface area (TPSA) is 92.7 Å². The Morgan fingerprint density at radius 1 is 1.58 bits per heavy atom. The molecule has 0 aliphatic carbocycles. The number of amides is 1. The average molecular weight is 308 g/mol. The van der Waals surface area contributed by atoms with Crippen LogP contribution in [0.1, 0.15) is 17.3 Å². The Balaban J connectivity index is 0.000000982. The van der Waals surface area contributed by atoms with E-state index in [0.29, 0.717) is 12.1 Å². The zero-order chi connectivity index (χ0) is 15.0. The van der Waals surface area contributed by atoms with Crippen molar-refractivity contribution in [1.82, 2.24) is 10.4 Å². The van der Waals surface area contributed by atoms with Gasteiger partial charge in [0.05, 0.1) is 5.02 Å². The lowest BCUT2D eigenvalue weighted by Crippen LogP contribution is -2.26. The van der Waals surface area contributed by atoms with Gasteiger partial charge in [0.15, 0.2) is 0 Å². The minimum absolute atomic E-state index is 0.0583. The van der Waals surface area contributed by atoms with Gasteiger partial charge in [-0.3, -0.25) is 9.00 Å². The molecule has 0 aliphatic rings. The van der Waals surface area contributed by atoms with Crippen molar-refractivity contribution in [3.63, 3.8) is 0 Å². The van der Waals surface area contributed by atoms with Crippen molar-refractivity contribution < 1.29 is 18.8 Å². The Labute approximate surface area is 119 Å². The fraction of sp³-hybridized carbons (Fsp3) is 0.364. The molecule has 108 valence electrons. The summed E-state index contributed by atoms with van der Waals surface area (Å²) in [7, 11) is 3.07. The molecule has 6 nitrogen and oxygen atoms in total. The van der Waals surface area contributed by atoms with E-state index < -0.39 is 11.1 Å². The van der Waals surface area contributed by atoms with Gasteiger partial charge in [-0.25, -0.2) is 5.48 Å². The first-order chi connectivity index (χ1) is 8.88. The summed E-state index contributed by atoms with van der Waals surface area (Å²) >= 11 is 3.26. The van der Waals surface area contributed by atoms with Crippen molar-refractivity contribution in [1.29, 1.82) is 0 Å². The molecule has 0 spiro atoms. The Morgan fingerprint density at radius 3 is 2.53 bits per heavy atom. The van der Waals surface area contributed by atoms with Gasteiger partial charge in [-0.05, 0) is 36.2 Å². The average Bonchev–Trinajstić information content (AvgIpc) is 2.38. The molecule has 0 fully saturated rings. The second kappa shape index (κ2) is 9.00. The lowest BCUT2D eigenvalue weighted by molar-refractivity contribution is 0.0802. The number of hydrogen-bond donors (Lipinski definition) is 2. The molecular formula is C11H16ClN2O4S-. The van der Waals surface area contributed by atoms with Gasteiger partial charge in [-0.1, -0.05) is 11.6 Å². The summed E-state index contributed by atoms with van der Waals surface area (Å²) < 4.78 is 21.7. The van der Waals surface area contributed by atoms with Crippen LogP contribution in [0.25, 0.3) is 0 Å². The van der Waals surface area contributed by atoms with Gasteiger partial charge < -0.3 is 14.7 Å². The van der Waals surface area contributed by atoms with Gasteiger partial charge in [-0.2, -0.15) is 0 Å². The highest BCUT2D eigenvalue weighted by Gasteiger charge is 2.12. The van der Waals surface area contributed by atoms with E-state index in [1.54, 1.807) is 12.5 Å². The maximum absolute atomic E-state index is 11.7. The van der Waals surface area contributed by atoms with Gasteiger partial charge in [0, 0.05) is 31.1 Å². The number of carbonyl (C=O) groups excluding carboxylic acids is 1. The number of carbonyl (C=O) groups is 1. The van der Waals surface area contributed by atoms with Crippen LogP contribution in [0.4, 0.5) is 0 Å². The molecule has 19 heavy (non-hydrogen) atoms. The molecule has 0 aromatic heterocycles. The Kier molecular flexibility index (Phi) is 8.53. The molecular weight excluding hydrogens is 292 g/mol. The third kappa shape index (κ3) is 5.66. The van der Waals surface area contributed by atoms with E-state index in [-0.39, 0.29) is 15.8 Å². The second-order valence-corrected chi connectivity index (χ2v) is 4.74. The standard InChI is InChI=1S/C10H12ClNO3S.CH5NO/c1-3-12(2)10(13)7-4-5-8(11)9(6-7)16(14)15;1-2-3/h4-6H,3H2,1-2H3,(H,14,15);2-3H,1H3/p-1. The molecule has 1 amide bonds. The molecule has 0 radical (unpaired) electrons. The number of nitrogens with one attached hydrogen (secondary N) is 1. The van der Waals surface area contributed by atoms with Crippen molar-refractivity contribution in [3.05, 3.63) is 28.8 Å². The summed E-state index contributed by atoms with van der Waals surface area (Å²) in [5.74, 6) is -0.231. The first kappa shape index (κ1) is 18.0. The monoisotopic (exact) mass is 307 g/mol. The van der Waals surface area contributed by atoms with E-state index in [4.69, 9.17) is 16.8 Å². The quantitative estimate of drug-likeness (QED) is 0.648. The highest BCUT2D eigenvalue weighted by molar-refractivity contribution is 7.79. The molecule has 1 rings (SSSR count). The lowest BCUT2D eigenvalue weighted by Gasteiger charge is -2.16. The zero-order valence-corrected chi connectivity index (χ0v) is 12.4. The maximum atomic E-state index is 11.7. The van der Waals surface area contributed by atoms with Gasteiger partial charge in [0.25, 0.3) is 5.91 Å². The molecule has 0 saturated heterocycles. The summed E-state index contributed by atoms with van der Waals surface area (Å²) in [6.07, 6.45) is 0. The van der Waals surface area contributed by atoms with E-state index in [1.807, 2.05) is 6.92 Å². The molecule has 2 N–H and O–H groups in total. The third-order valence-corrected chi connectivity index (χ3v) is 3.32. The van der Waals surface area contributed by atoms with Crippen molar-refractivity contribution in [2.24, 2.45) is 0 Å². The molecule has 0 aliphatic heterocycles. The van der Waals surface area contributed by atoms with Crippen LogP contribution in [0.3, 0.4) is 0 Å². The Bertz CT molecular complexity index is 456. The Hall–Kier alpha value is -0.990. The normalized spacial score (nSPS) is 11.3. The largest absolute Gasteiger partial charge is 0.768 e. The summed E-state index contributed by atoms with van der Waals surface area (Å²) in [6, 6.07) is 4.19. The number of rotatable bonds is 3. The summed E-state index contributed by atoms with van der Waals surface area (Å²) in [6.45, 7) is 2.39. The van der Waals surface area contributed by atoms with Crippen molar-refractivity contribution in [2.75, 3.05) is 20.6 Å². The summed E-state index contributed by atoms with van der Waals surface area (Å²) in [4.78, 5) is 13.2. The Morgan fingerprint density at radius 2 is 2.11 bits per heavy atom. The first-order valence-corrected chi connectivity index (χ1v) is 6.79. The van der Waals surface area contributed by atoms with Gasteiger partial charge in [0.2, 0.25) is 0 Å². The van der Waals surface area contributed by atoms with Crippen LogP contribution in [0.2, 0.25) is 5.02 Å². The fourth-order valence-electron chi connectivity index (χ4n) is 1.13. The zero-order valence-electron chi connectivity index (χ0n) is 10.8. The van der Waals surface area contributed by atoms with E-state index in [1.165, 1.54) is 30.1 Å². The molecule has 0 heterocycles. The highest BCUT2D eigenvalue weighted by Crippen LogP contribution is 2.21. The van der Waals surface area contributed by atoms with Gasteiger partial charge in [-0.15, -0.1) is 0 Å². The lowest BCUT2D eigenvalue weighted by atomic mass is 10.2. The molecule has 8 heteroatoms. The number of nitrogens with zero attached hydrogens (tertiary/aromatic N) is 1. The van der Waals surface area contributed by atoms with Crippen molar-refractivity contribution in [3.8, 4) is 0 Å². The van der Waals surface area contributed by atoms with E-state index in [9.17, 15) is 13.6 Å².